The van der Waals surface area contributed by atoms with Crippen molar-refractivity contribution >= 4 is 15.8 Å². The summed E-state index contributed by atoms with van der Waals surface area (Å²) >= 11 is 0. The zero-order valence-corrected chi connectivity index (χ0v) is 17.9. The molecule has 0 spiro atoms. The van der Waals surface area contributed by atoms with Crippen molar-refractivity contribution in [3.63, 3.8) is 0 Å². The number of hydrogen-bond donors (Lipinski definition) is 0. The van der Waals surface area contributed by atoms with Gasteiger partial charge >= 0.3 is 0 Å². The molecular formula is C21H26N4O2S. The van der Waals surface area contributed by atoms with Gasteiger partial charge in [-0.25, -0.2) is 13.4 Å². The smallest absolute Gasteiger partial charge is 0.243 e. The summed E-state index contributed by atoms with van der Waals surface area (Å²) in [7, 11) is -3.57. The Morgan fingerprint density at radius 1 is 0.929 bits per heavy atom. The average molecular weight is 399 g/mol. The first kappa shape index (κ1) is 20.3. The van der Waals surface area contributed by atoms with E-state index >= 15 is 0 Å². The largest absolute Gasteiger partial charge is 0.354 e. The topological polar surface area (TPSA) is 77.3 Å². The first-order valence-corrected chi connectivity index (χ1v) is 10.8. The Morgan fingerprint density at radius 2 is 1.46 bits per heavy atom. The number of benzene rings is 1. The molecule has 6 nitrogen and oxygen atoms in total. The van der Waals surface area contributed by atoms with Crippen LogP contribution in [-0.2, 0) is 10.0 Å². The first-order chi connectivity index (χ1) is 13.2. The van der Waals surface area contributed by atoms with E-state index in [0.717, 1.165) is 27.8 Å². The molecule has 1 fully saturated rings. The fourth-order valence-corrected chi connectivity index (χ4v) is 5.78. The van der Waals surface area contributed by atoms with Gasteiger partial charge in [-0.15, -0.1) is 0 Å². The molecule has 2 aromatic rings. The van der Waals surface area contributed by atoms with Crippen molar-refractivity contribution in [2.24, 2.45) is 0 Å². The maximum atomic E-state index is 13.4. The second kappa shape index (κ2) is 7.53. The van der Waals surface area contributed by atoms with Crippen LogP contribution in [0, 0.1) is 45.9 Å². The Bertz CT molecular complexity index is 1030. The van der Waals surface area contributed by atoms with Gasteiger partial charge in [0.25, 0.3) is 0 Å². The Hall–Kier alpha value is -2.43. The molecule has 148 valence electrons. The van der Waals surface area contributed by atoms with Gasteiger partial charge in [-0.1, -0.05) is 0 Å². The molecule has 3 rings (SSSR count). The highest BCUT2D eigenvalue weighted by Gasteiger charge is 2.32. The number of nitriles is 1. The number of pyridine rings is 1. The predicted molar refractivity (Wildman–Crippen MR) is 110 cm³/mol. The zero-order valence-electron chi connectivity index (χ0n) is 17.1. The first-order valence-electron chi connectivity index (χ1n) is 9.36. The van der Waals surface area contributed by atoms with Gasteiger partial charge in [0.05, 0.1) is 16.5 Å². The van der Waals surface area contributed by atoms with E-state index in [4.69, 9.17) is 5.26 Å². The fourth-order valence-electron chi connectivity index (χ4n) is 3.80. The minimum atomic E-state index is -3.57. The summed E-state index contributed by atoms with van der Waals surface area (Å²) < 4.78 is 28.4. The lowest BCUT2D eigenvalue weighted by Gasteiger charge is -2.35. The number of nitrogens with zero attached hydrogens (tertiary/aromatic N) is 4. The Balaban J connectivity index is 1.87. The molecule has 0 unspecified atom stereocenters. The number of sulfonamides is 1. The van der Waals surface area contributed by atoms with Crippen LogP contribution in [0.15, 0.2) is 23.2 Å². The van der Waals surface area contributed by atoms with E-state index in [-0.39, 0.29) is 0 Å². The number of piperazine rings is 1. The van der Waals surface area contributed by atoms with Gasteiger partial charge in [0.15, 0.2) is 0 Å². The summed E-state index contributed by atoms with van der Waals surface area (Å²) in [5.41, 5.74) is 5.47. The normalized spacial score (nSPS) is 15.5. The third kappa shape index (κ3) is 3.38. The van der Waals surface area contributed by atoms with E-state index in [0.29, 0.717) is 42.5 Å². The molecule has 0 N–H and O–H groups in total. The number of anilines is 1. The molecule has 0 aliphatic carbocycles. The number of aromatic nitrogens is 1. The Kier molecular flexibility index (Phi) is 5.46. The summed E-state index contributed by atoms with van der Waals surface area (Å²) in [6.45, 7) is 11.7. The third-order valence-electron chi connectivity index (χ3n) is 5.97. The van der Waals surface area contributed by atoms with Gasteiger partial charge in [-0.2, -0.15) is 9.57 Å². The molecule has 28 heavy (non-hydrogen) atoms. The molecule has 1 aromatic carbocycles. The van der Waals surface area contributed by atoms with E-state index in [1.54, 1.807) is 22.6 Å². The van der Waals surface area contributed by atoms with E-state index in [1.165, 1.54) is 0 Å². The minimum Gasteiger partial charge on any atom is -0.354 e. The molecule has 0 radical (unpaired) electrons. The molecule has 7 heteroatoms. The molecule has 1 aliphatic heterocycles. The van der Waals surface area contributed by atoms with Crippen molar-refractivity contribution in [3.8, 4) is 6.07 Å². The number of hydrogen-bond acceptors (Lipinski definition) is 5. The van der Waals surface area contributed by atoms with Crippen molar-refractivity contribution in [2.45, 2.75) is 39.5 Å². The summed E-state index contributed by atoms with van der Waals surface area (Å²) in [4.78, 5) is 6.80. The van der Waals surface area contributed by atoms with Crippen LogP contribution in [0.3, 0.4) is 0 Å². The monoisotopic (exact) mass is 398 g/mol. The molecule has 0 amide bonds. The Morgan fingerprint density at radius 3 is 2.00 bits per heavy atom. The molecule has 1 aromatic heterocycles. The molecule has 0 saturated carbocycles. The Labute approximate surface area is 167 Å². The van der Waals surface area contributed by atoms with Crippen molar-refractivity contribution < 1.29 is 8.42 Å². The number of rotatable bonds is 3. The lowest BCUT2D eigenvalue weighted by atomic mass is 9.95. The van der Waals surface area contributed by atoms with Gasteiger partial charge in [0, 0.05) is 32.4 Å². The van der Waals surface area contributed by atoms with Crippen LogP contribution < -0.4 is 4.90 Å². The van der Waals surface area contributed by atoms with E-state index in [1.807, 2.05) is 39.5 Å². The van der Waals surface area contributed by atoms with Crippen molar-refractivity contribution in [1.29, 1.82) is 5.26 Å². The lowest BCUT2D eigenvalue weighted by Crippen LogP contribution is -2.49. The molecule has 0 bridgehead atoms. The van der Waals surface area contributed by atoms with Crippen LogP contribution >= 0.6 is 0 Å². The van der Waals surface area contributed by atoms with Crippen LogP contribution in [0.25, 0.3) is 0 Å². The van der Waals surface area contributed by atoms with Gasteiger partial charge in [-0.05, 0) is 74.6 Å². The third-order valence-corrected chi connectivity index (χ3v) is 8.14. The summed E-state index contributed by atoms with van der Waals surface area (Å²) in [5, 5.41) is 9.07. The minimum absolute atomic E-state index is 0.394. The predicted octanol–water partition coefficient (Wildman–Crippen LogP) is 3.01. The van der Waals surface area contributed by atoms with Crippen molar-refractivity contribution in [1.82, 2.24) is 9.29 Å². The van der Waals surface area contributed by atoms with Gasteiger partial charge in [0.1, 0.15) is 5.82 Å². The van der Waals surface area contributed by atoms with Crippen LogP contribution in [-0.4, -0.2) is 43.9 Å². The van der Waals surface area contributed by atoms with E-state index < -0.39 is 10.0 Å². The highest BCUT2D eigenvalue weighted by atomic mass is 32.2. The summed E-state index contributed by atoms with van der Waals surface area (Å²) in [6, 6.07) is 5.52. The second-order valence-electron chi connectivity index (χ2n) is 7.36. The molecule has 1 saturated heterocycles. The van der Waals surface area contributed by atoms with E-state index in [2.05, 4.69) is 11.1 Å². The highest BCUT2D eigenvalue weighted by Crippen LogP contribution is 2.32. The van der Waals surface area contributed by atoms with Gasteiger partial charge in [0.2, 0.25) is 10.0 Å². The van der Waals surface area contributed by atoms with Gasteiger partial charge in [-0.3, -0.25) is 0 Å². The zero-order chi connectivity index (χ0) is 20.6. The quantitative estimate of drug-likeness (QED) is 0.794. The van der Waals surface area contributed by atoms with Gasteiger partial charge < -0.3 is 4.90 Å². The second-order valence-corrected chi connectivity index (χ2v) is 9.23. The summed E-state index contributed by atoms with van der Waals surface area (Å²) in [6.07, 6.45) is 1.61. The molecule has 0 atom stereocenters. The van der Waals surface area contributed by atoms with Crippen LogP contribution in [0.5, 0.6) is 0 Å². The maximum absolute atomic E-state index is 13.4. The van der Waals surface area contributed by atoms with Crippen LogP contribution in [0.1, 0.15) is 33.4 Å². The highest BCUT2D eigenvalue weighted by molar-refractivity contribution is 7.89. The maximum Gasteiger partial charge on any atom is 0.243 e. The molecule has 2 heterocycles. The summed E-state index contributed by atoms with van der Waals surface area (Å²) in [5.74, 6) is 0.713. The van der Waals surface area contributed by atoms with Crippen molar-refractivity contribution in [2.75, 3.05) is 31.1 Å². The van der Waals surface area contributed by atoms with Crippen LogP contribution in [0.2, 0.25) is 0 Å². The fraction of sp³-hybridized carbons (Fsp3) is 0.429. The molecular weight excluding hydrogens is 372 g/mol. The standard InChI is InChI=1S/C21H26N4O2S/c1-14-15(2)17(4)21(18(5)16(14)3)28(26,27)25-10-8-24(9-11-25)20-12-19(13-22)6-7-23-20/h6-7,12H,8-11H2,1-5H3. The van der Waals surface area contributed by atoms with Crippen molar-refractivity contribution in [3.05, 3.63) is 51.7 Å². The van der Waals surface area contributed by atoms with E-state index in [9.17, 15) is 8.42 Å². The molecule has 1 aliphatic rings. The SMILES string of the molecule is Cc1c(C)c(C)c(S(=O)(=O)N2CCN(c3cc(C#N)ccn3)CC2)c(C)c1C. The average Bonchev–Trinajstić information content (AvgIpc) is 2.71. The van der Waals surface area contributed by atoms with Crippen LogP contribution in [0.4, 0.5) is 5.82 Å². The lowest BCUT2D eigenvalue weighted by molar-refractivity contribution is 0.383.